The van der Waals surface area contributed by atoms with Crippen molar-refractivity contribution in [2.45, 2.75) is 13.8 Å². The molecular formula is C19H15N3OS. The summed E-state index contributed by atoms with van der Waals surface area (Å²) in [4.78, 5) is 17.2. The van der Waals surface area contributed by atoms with Crippen LogP contribution in [0.4, 0.5) is 5.69 Å². The number of thioether (sulfide) groups is 1. The Bertz CT molecular complexity index is 922. The fourth-order valence-corrected chi connectivity index (χ4v) is 3.20. The molecule has 0 bridgehead atoms. The highest BCUT2D eigenvalue weighted by atomic mass is 32.2. The van der Waals surface area contributed by atoms with Crippen LogP contribution in [-0.4, -0.2) is 11.1 Å². The van der Waals surface area contributed by atoms with Gasteiger partial charge in [-0.25, -0.2) is 4.99 Å². The van der Waals surface area contributed by atoms with Crippen molar-refractivity contribution >= 4 is 34.6 Å². The van der Waals surface area contributed by atoms with Gasteiger partial charge < -0.3 is 5.32 Å². The van der Waals surface area contributed by atoms with Crippen molar-refractivity contribution in [2.24, 2.45) is 4.99 Å². The Morgan fingerprint density at radius 2 is 2.04 bits per heavy atom. The van der Waals surface area contributed by atoms with Gasteiger partial charge in [0.15, 0.2) is 5.17 Å². The summed E-state index contributed by atoms with van der Waals surface area (Å²) >= 11 is 1.30. The maximum atomic E-state index is 12.1. The molecule has 4 nitrogen and oxygen atoms in total. The second kappa shape index (κ2) is 6.73. The van der Waals surface area contributed by atoms with Crippen LogP contribution in [0, 0.1) is 25.2 Å². The number of hydrogen-bond donors (Lipinski definition) is 1. The zero-order valence-electron chi connectivity index (χ0n) is 13.3. The highest BCUT2D eigenvalue weighted by Gasteiger charge is 2.23. The highest BCUT2D eigenvalue weighted by Crippen LogP contribution is 2.29. The number of amides is 1. The quantitative estimate of drug-likeness (QED) is 0.843. The Balaban J connectivity index is 1.86. The molecule has 1 amide bonds. The first-order valence-corrected chi connectivity index (χ1v) is 8.24. The zero-order valence-corrected chi connectivity index (χ0v) is 14.1. The molecule has 1 N–H and O–H groups in total. The number of hydrogen-bond acceptors (Lipinski definition) is 4. The van der Waals surface area contributed by atoms with Crippen molar-refractivity contribution in [1.82, 2.24) is 5.32 Å². The first kappa shape index (κ1) is 16.0. The minimum Gasteiger partial charge on any atom is -0.300 e. The van der Waals surface area contributed by atoms with Gasteiger partial charge in [-0.1, -0.05) is 29.8 Å². The van der Waals surface area contributed by atoms with Gasteiger partial charge in [0.1, 0.15) is 0 Å². The number of carbonyl (C=O) groups is 1. The molecule has 3 rings (SSSR count). The lowest BCUT2D eigenvalue weighted by atomic mass is 10.1. The molecule has 0 atom stereocenters. The molecule has 2 aromatic rings. The van der Waals surface area contributed by atoms with E-state index in [1.54, 1.807) is 24.3 Å². The Hall–Kier alpha value is -2.84. The molecule has 0 spiro atoms. The third-order valence-electron chi connectivity index (χ3n) is 3.54. The molecule has 0 aromatic heterocycles. The molecule has 1 heterocycles. The van der Waals surface area contributed by atoms with Crippen LogP contribution >= 0.6 is 11.8 Å². The lowest BCUT2D eigenvalue weighted by molar-refractivity contribution is -0.115. The molecule has 5 heteroatoms. The molecule has 118 valence electrons. The van der Waals surface area contributed by atoms with Crippen LogP contribution in [0.3, 0.4) is 0 Å². The van der Waals surface area contributed by atoms with Gasteiger partial charge in [-0.2, -0.15) is 5.26 Å². The summed E-state index contributed by atoms with van der Waals surface area (Å²) in [6, 6.07) is 15.2. The van der Waals surface area contributed by atoms with E-state index in [2.05, 4.69) is 22.4 Å². The molecule has 1 saturated heterocycles. The van der Waals surface area contributed by atoms with Crippen LogP contribution in [0.5, 0.6) is 0 Å². The van der Waals surface area contributed by atoms with E-state index in [1.165, 1.54) is 17.3 Å². The number of carbonyl (C=O) groups excluding carboxylic acids is 1. The lowest BCUT2D eigenvalue weighted by Gasteiger charge is -2.02. The number of nitriles is 1. The summed E-state index contributed by atoms with van der Waals surface area (Å²) in [5, 5.41) is 12.3. The number of nitrogens with one attached hydrogen (secondary N) is 1. The zero-order chi connectivity index (χ0) is 17.1. The molecule has 0 aliphatic carbocycles. The van der Waals surface area contributed by atoms with Crippen LogP contribution < -0.4 is 5.32 Å². The predicted octanol–water partition coefficient (Wildman–Crippen LogP) is 4.07. The minimum absolute atomic E-state index is 0.175. The van der Waals surface area contributed by atoms with Crippen molar-refractivity contribution in [3.63, 3.8) is 0 Å². The fourth-order valence-electron chi connectivity index (χ4n) is 2.37. The summed E-state index contributed by atoms with van der Waals surface area (Å²) < 4.78 is 0. The van der Waals surface area contributed by atoms with Crippen molar-refractivity contribution in [2.75, 3.05) is 0 Å². The third-order valence-corrected chi connectivity index (χ3v) is 4.45. The van der Waals surface area contributed by atoms with Crippen LogP contribution in [0.25, 0.3) is 6.08 Å². The molecule has 1 aliphatic rings. The molecule has 1 fully saturated rings. The van der Waals surface area contributed by atoms with E-state index in [0.717, 1.165) is 16.8 Å². The number of benzene rings is 2. The number of rotatable bonds is 2. The maximum Gasteiger partial charge on any atom is 0.264 e. The largest absolute Gasteiger partial charge is 0.300 e. The fraction of sp³-hybridized carbons (Fsp3) is 0.105. The monoisotopic (exact) mass is 333 g/mol. The molecule has 0 saturated carbocycles. The van der Waals surface area contributed by atoms with E-state index < -0.39 is 0 Å². The summed E-state index contributed by atoms with van der Waals surface area (Å²) in [5.41, 5.74) is 4.47. The summed E-state index contributed by atoms with van der Waals surface area (Å²) in [5.74, 6) is -0.175. The van der Waals surface area contributed by atoms with Gasteiger partial charge in [-0.3, -0.25) is 4.79 Å². The number of amidine groups is 1. The van der Waals surface area contributed by atoms with E-state index in [9.17, 15) is 4.79 Å². The molecule has 0 radical (unpaired) electrons. The van der Waals surface area contributed by atoms with Crippen LogP contribution in [0.2, 0.25) is 0 Å². The summed E-state index contributed by atoms with van der Waals surface area (Å²) in [6.45, 7) is 4.03. The van der Waals surface area contributed by atoms with Gasteiger partial charge in [-0.15, -0.1) is 0 Å². The Labute approximate surface area is 144 Å². The van der Waals surface area contributed by atoms with E-state index in [1.807, 2.05) is 32.0 Å². The molecule has 2 aromatic carbocycles. The second-order valence-electron chi connectivity index (χ2n) is 5.51. The Morgan fingerprint density at radius 1 is 1.21 bits per heavy atom. The first-order chi connectivity index (χ1) is 11.5. The van der Waals surface area contributed by atoms with Crippen molar-refractivity contribution < 1.29 is 4.79 Å². The van der Waals surface area contributed by atoms with E-state index in [-0.39, 0.29) is 5.91 Å². The van der Waals surface area contributed by atoms with E-state index >= 15 is 0 Å². The molecular weight excluding hydrogens is 318 g/mol. The Morgan fingerprint density at radius 3 is 2.79 bits per heavy atom. The van der Waals surface area contributed by atoms with E-state index in [0.29, 0.717) is 15.6 Å². The second-order valence-corrected chi connectivity index (χ2v) is 6.54. The predicted molar refractivity (Wildman–Crippen MR) is 97.9 cm³/mol. The van der Waals surface area contributed by atoms with Gasteiger partial charge in [0.05, 0.1) is 22.2 Å². The number of aliphatic imine (C=N–C) groups is 1. The van der Waals surface area contributed by atoms with Gasteiger partial charge in [0, 0.05) is 0 Å². The lowest BCUT2D eigenvalue weighted by Crippen LogP contribution is -2.19. The minimum atomic E-state index is -0.175. The molecule has 0 unspecified atom stereocenters. The van der Waals surface area contributed by atoms with Crippen LogP contribution in [-0.2, 0) is 4.79 Å². The highest BCUT2D eigenvalue weighted by molar-refractivity contribution is 8.18. The van der Waals surface area contributed by atoms with Gasteiger partial charge in [0.2, 0.25) is 0 Å². The van der Waals surface area contributed by atoms with Gasteiger partial charge in [-0.05, 0) is 61.0 Å². The van der Waals surface area contributed by atoms with Crippen LogP contribution in [0.15, 0.2) is 52.4 Å². The standard InChI is InChI=1S/C19H15N3OS/c1-12-6-7-16(13(2)8-12)21-19-22-18(23)17(24-19)10-14-4-3-5-15(9-14)11-20/h3-10H,1-2H3,(H,21,22,23)/b17-10+. The SMILES string of the molecule is Cc1ccc(N=C2NC(=O)/C(=C\c3cccc(C#N)c3)S2)c(C)c1. The van der Waals surface area contributed by atoms with Gasteiger partial charge in [0.25, 0.3) is 5.91 Å². The van der Waals surface area contributed by atoms with Crippen molar-refractivity contribution in [1.29, 1.82) is 5.26 Å². The average Bonchev–Trinajstić information content (AvgIpc) is 2.90. The van der Waals surface area contributed by atoms with Crippen molar-refractivity contribution in [3.8, 4) is 6.07 Å². The smallest absolute Gasteiger partial charge is 0.264 e. The Kier molecular flexibility index (Phi) is 4.50. The summed E-state index contributed by atoms with van der Waals surface area (Å²) in [6.07, 6.45) is 1.77. The summed E-state index contributed by atoms with van der Waals surface area (Å²) in [7, 11) is 0. The molecule has 24 heavy (non-hydrogen) atoms. The molecule has 1 aliphatic heterocycles. The third kappa shape index (κ3) is 3.55. The van der Waals surface area contributed by atoms with E-state index in [4.69, 9.17) is 5.26 Å². The first-order valence-electron chi connectivity index (χ1n) is 7.42. The number of aryl methyl sites for hydroxylation is 2. The van der Waals surface area contributed by atoms with Gasteiger partial charge >= 0.3 is 0 Å². The normalized spacial score (nSPS) is 17.1. The van der Waals surface area contributed by atoms with Crippen molar-refractivity contribution in [3.05, 3.63) is 69.6 Å². The average molecular weight is 333 g/mol. The van der Waals surface area contributed by atoms with Crippen LogP contribution in [0.1, 0.15) is 22.3 Å². The maximum absolute atomic E-state index is 12.1. The topological polar surface area (TPSA) is 65.2 Å². The number of nitrogens with zero attached hydrogens (tertiary/aromatic N) is 2.